The number of allylic oxidation sites excluding steroid dienone is 9. The smallest absolute Gasteiger partial charge is 0.310 e. The minimum absolute atomic E-state index is 0.0674. The van der Waals surface area contributed by atoms with Crippen molar-refractivity contribution < 1.29 is 73.8 Å². The first-order chi connectivity index (χ1) is 33.0. The van der Waals surface area contributed by atoms with E-state index in [1.165, 1.54) is 83.5 Å². The number of ether oxygens (including phenoxy) is 6. The fourth-order valence-corrected chi connectivity index (χ4v) is 7.82. The summed E-state index contributed by atoms with van der Waals surface area (Å²) in [6.45, 7) is 2.37. The minimum atomic E-state index is -1.78. The minimum Gasteiger partial charge on any atom is -0.462 e. The van der Waals surface area contributed by atoms with Crippen LogP contribution in [0.1, 0.15) is 168 Å². The molecule has 0 aromatic carbocycles. The normalized spacial score (nSPS) is 26.2. The van der Waals surface area contributed by atoms with Gasteiger partial charge in [0.15, 0.2) is 18.7 Å². The van der Waals surface area contributed by atoms with Crippen LogP contribution in [0, 0.1) is 0 Å². The lowest BCUT2D eigenvalue weighted by atomic mass is 9.98. The lowest BCUT2D eigenvalue weighted by Gasteiger charge is -2.42. The van der Waals surface area contributed by atoms with Crippen LogP contribution >= 0.6 is 0 Å². The molecule has 0 aromatic heterocycles. The Labute approximate surface area is 407 Å². The van der Waals surface area contributed by atoms with Gasteiger partial charge in [-0.25, -0.2) is 0 Å². The lowest BCUT2D eigenvalue weighted by molar-refractivity contribution is -0.332. The van der Waals surface area contributed by atoms with Crippen molar-refractivity contribution in [2.24, 2.45) is 0 Å². The van der Waals surface area contributed by atoms with Crippen molar-refractivity contribution >= 4 is 11.9 Å². The van der Waals surface area contributed by atoms with E-state index in [1.54, 1.807) is 6.08 Å². The van der Waals surface area contributed by atoms with E-state index in [4.69, 9.17) is 28.4 Å². The van der Waals surface area contributed by atoms with E-state index >= 15 is 0 Å². The van der Waals surface area contributed by atoms with Gasteiger partial charge in [-0.1, -0.05) is 177 Å². The Kier molecular flexibility index (Phi) is 36.0. The zero-order chi connectivity index (χ0) is 49.6. The maximum atomic E-state index is 12.9. The lowest BCUT2D eigenvalue weighted by Crippen LogP contribution is -2.61. The highest BCUT2D eigenvalue weighted by atomic mass is 16.7. The Morgan fingerprint density at radius 1 is 0.485 bits per heavy atom. The van der Waals surface area contributed by atoms with Gasteiger partial charge in [-0.15, -0.1) is 0 Å². The molecule has 2 aliphatic rings. The van der Waals surface area contributed by atoms with Gasteiger partial charge in [-0.05, 0) is 38.5 Å². The number of carbonyl (C=O) groups is 2. The Morgan fingerprint density at radius 3 is 1.40 bits per heavy atom. The van der Waals surface area contributed by atoms with E-state index in [0.717, 1.165) is 44.9 Å². The monoisotopic (exact) mass is 967 g/mol. The Balaban J connectivity index is 1.84. The molecule has 392 valence electrons. The SMILES string of the molecule is CC/C=C\C/C=C\C/C=C\C/C=C\C/C=C\CC(=O)OC(COC(=O)CCCCCCCCCCCCCCCCCCC)COC1OC(COC2OC(CO)C(O)C(O)C2O)C(O)C(O)C1O. The van der Waals surface area contributed by atoms with Gasteiger partial charge in [-0.3, -0.25) is 9.59 Å². The zero-order valence-corrected chi connectivity index (χ0v) is 41.3. The molecule has 0 bridgehead atoms. The molecule has 7 N–H and O–H groups in total. The molecule has 0 aromatic rings. The topological polar surface area (TPSA) is 231 Å². The van der Waals surface area contributed by atoms with E-state index in [1.807, 2.05) is 18.2 Å². The van der Waals surface area contributed by atoms with Gasteiger partial charge < -0.3 is 64.2 Å². The first-order valence-corrected chi connectivity index (χ1v) is 25.9. The second kappa shape index (κ2) is 39.9. The predicted molar refractivity (Wildman–Crippen MR) is 261 cm³/mol. The zero-order valence-electron chi connectivity index (χ0n) is 41.3. The number of carbonyl (C=O) groups excluding carboxylic acids is 2. The van der Waals surface area contributed by atoms with Crippen molar-refractivity contribution in [1.29, 1.82) is 0 Å². The Hall–Kier alpha value is -2.80. The van der Waals surface area contributed by atoms with E-state index in [9.17, 15) is 45.3 Å². The standard InChI is InChI=1S/C53H90O15/c1-3-5-7-9-11-13-15-17-19-20-22-23-25-27-29-31-33-35-44(55)63-38-41(66-45(56)36-34-32-30-28-26-24-21-18-16-14-12-10-8-6-4-2)39-64-52-51(62)49(60)47(58)43(68-52)40-65-53-50(61)48(59)46(57)42(37-54)67-53/h6,8,12,14,18,21,26,28,32,34,41-43,46-54,57-62H,3-5,7,9-11,13,15-17,19-20,22-25,27,29-31,33,35-40H2,1-2H3/b8-6-,14-12-,21-18-,28-26-,34-32-. The van der Waals surface area contributed by atoms with E-state index in [2.05, 4.69) is 50.3 Å². The van der Waals surface area contributed by atoms with Gasteiger partial charge in [0.05, 0.1) is 26.2 Å². The molecule has 15 nitrogen and oxygen atoms in total. The molecule has 68 heavy (non-hydrogen) atoms. The molecule has 0 saturated carbocycles. The summed E-state index contributed by atoms with van der Waals surface area (Å²) in [5.41, 5.74) is 0. The summed E-state index contributed by atoms with van der Waals surface area (Å²) in [5, 5.41) is 72.0. The van der Waals surface area contributed by atoms with Crippen molar-refractivity contribution in [3.63, 3.8) is 0 Å². The highest BCUT2D eigenvalue weighted by Gasteiger charge is 2.47. The number of aliphatic hydroxyl groups excluding tert-OH is 7. The van der Waals surface area contributed by atoms with Crippen LogP contribution in [0.5, 0.6) is 0 Å². The molecule has 15 heteroatoms. The maximum Gasteiger partial charge on any atom is 0.310 e. The summed E-state index contributed by atoms with van der Waals surface area (Å²) in [4.78, 5) is 25.7. The van der Waals surface area contributed by atoms with Crippen LogP contribution in [0.4, 0.5) is 0 Å². The summed E-state index contributed by atoms with van der Waals surface area (Å²) in [7, 11) is 0. The van der Waals surface area contributed by atoms with Gasteiger partial charge in [0.25, 0.3) is 0 Å². The largest absolute Gasteiger partial charge is 0.462 e. The van der Waals surface area contributed by atoms with Crippen molar-refractivity contribution in [3.05, 3.63) is 60.8 Å². The Bertz CT molecular complexity index is 1420. The summed E-state index contributed by atoms with van der Waals surface area (Å²) in [5.74, 6) is -1.07. The molecule has 2 saturated heterocycles. The van der Waals surface area contributed by atoms with Crippen LogP contribution in [0.3, 0.4) is 0 Å². The molecule has 0 aliphatic carbocycles. The van der Waals surface area contributed by atoms with Crippen molar-refractivity contribution in [1.82, 2.24) is 0 Å². The number of hydrogen-bond acceptors (Lipinski definition) is 15. The average Bonchev–Trinajstić information content (AvgIpc) is 3.33. The molecule has 2 rings (SSSR count). The molecule has 2 aliphatic heterocycles. The van der Waals surface area contributed by atoms with E-state index in [-0.39, 0.29) is 19.4 Å². The van der Waals surface area contributed by atoms with Gasteiger partial charge in [0.2, 0.25) is 0 Å². The third-order valence-electron chi connectivity index (χ3n) is 12.0. The van der Waals surface area contributed by atoms with Gasteiger partial charge in [0.1, 0.15) is 55.4 Å². The van der Waals surface area contributed by atoms with Gasteiger partial charge in [0, 0.05) is 6.42 Å². The molecule has 11 unspecified atom stereocenters. The first kappa shape index (κ1) is 61.3. The van der Waals surface area contributed by atoms with Crippen LogP contribution in [-0.4, -0.2) is 142 Å². The van der Waals surface area contributed by atoms with Crippen LogP contribution in [0.25, 0.3) is 0 Å². The average molecular weight is 967 g/mol. The van der Waals surface area contributed by atoms with Crippen molar-refractivity contribution in [3.8, 4) is 0 Å². The van der Waals surface area contributed by atoms with Crippen LogP contribution < -0.4 is 0 Å². The summed E-state index contributed by atoms with van der Waals surface area (Å²) in [6.07, 6.45) is 28.5. The maximum absolute atomic E-state index is 12.9. The number of hydrogen-bond donors (Lipinski definition) is 7. The molecule has 11 atom stereocenters. The molecular weight excluding hydrogens is 877 g/mol. The Morgan fingerprint density at radius 2 is 0.912 bits per heavy atom. The third-order valence-corrected chi connectivity index (χ3v) is 12.0. The van der Waals surface area contributed by atoms with E-state index < -0.39 is 99.3 Å². The fourth-order valence-electron chi connectivity index (χ4n) is 7.82. The van der Waals surface area contributed by atoms with Crippen molar-refractivity contribution in [2.45, 2.75) is 235 Å². The van der Waals surface area contributed by atoms with Gasteiger partial charge >= 0.3 is 11.9 Å². The molecular formula is C53H90O15. The second-order valence-electron chi connectivity index (χ2n) is 18.0. The molecule has 2 fully saturated rings. The number of esters is 2. The first-order valence-electron chi connectivity index (χ1n) is 25.9. The molecule has 0 radical (unpaired) electrons. The molecule has 0 amide bonds. The van der Waals surface area contributed by atoms with Crippen LogP contribution in [0.2, 0.25) is 0 Å². The summed E-state index contributed by atoms with van der Waals surface area (Å²) < 4.78 is 33.4. The molecule has 0 spiro atoms. The highest BCUT2D eigenvalue weighted by molar-refractivity contribution is 5.71. The summed E-state index contributed by atoms with van der Waals surface area (Å²) >= 11 is 0. The van der Waals surface area contributed by atoms with E-state index in [0.29, 0.717) is 12.8 Å². The summed E-state index contributed by atoms with van der Waals surface area (Å²) in [6, 6.07) is 0. The second-order valence-corrected chi connectivity index (χ2v) is 18.0. The van der Waals surface area contributed by atoms with Crippen LogP contribution in [0.15, 0.2) is 60.8 Å². The van der Waals surface area contributed by atoms with Crippen LogP contribution in [-0.2, 0) is 38.0 Å². The van der Waals surface area contributed by atoms with Crippen molar-refractivity contribution in [2.75, 3.05) is 26.4 Å². The fraction of sp³-hybridized carbons (Fsp3) is 0.774. The number of unbranched alkanes of at least 4 members (excludes halogenated alkanes) is 16. The predicted octanol–water partition coefficient (Wildman–Crippen LogP) is 7.27. The van der Waals surface area contributed by atoms with Gasteiger partial charge in [-0.2, -0.15) is 0 Å². The third kappa shape index (κ3) is 27.6. The highest BCUT2D eigenvalue weighted by Crippen LogP contribution is 2.26. The number of rotatable bonds is 39. The number of aliphatic hydroxyl groups is 7. The quantitative estimate of drug-likeness (QED) is 0.0183. The molecule has 2 heterocycles.